The number of anilines is 1. The summed E-state index contributed by atoms with van der Waals surface area (Å²) in [5.74, 6) is -0.406. The number of nitrogens with one attached hydrogen (secondary N) is 2. The molecule has 3 aliphatic rings. The van der Waals surface area contributed by atoms with Crippen molar-refractivity contribution in [2.75, 3.05) is 31.1 Å². The quantitative estimate of drug-likeness (QED) is 0.358. The number of likely N-dealkylation sites (tertiary alicyclic amines) is 1. The summed E-state index contributed by atoms with van der Waals surface area (Å²) in [6.45, 7) is 2.50. The molecule has 6 heterocycles. The zero-order valence-electron chi connectivity index (χ0n) is 19.7. The molecule has 4 aromatic rings. The lowest BCUT2D eigenvalue weighted by Crippen LogP contribution is -2.61. The van der Waals surface area contributed by atoms with Crippen LogP contribution in [-0.4, -0.2) is 69.0 Å². The molecule has 11 heteroatoms. The predicted octanol–water partition coefficient (Wildman–Crippen LogP) is 3.32. The SMILES string of the molecule is O=C1NC(=O)C(c2c[nH]c3sccc23)=C1c1nc(N2CCC3(CC2)CN(C(=O)O)C3)nc2ccccc12. The second-order valence-corrected chi connectivity index (χ2v) is 10.8. The Hall–Kier alpha value is -4.25. The minimum absolute atomic E-state index is 0.0161. The normalized spacial score (nSPS) is 19.2. The third-order valence-electron chi connectivity index (χ3n) is 7.76. The third kappa shape index (κ3) is 3.34. The van der Waals surface area contributed by atoms with Crippen LogP contribution in [0.5, 0.6) is 0 Å². The molecule has 0 unspecified atom stereocenters. The summed E-state index contributed by atoms with van der Waals surface area (Å²) in [6.07, 6.45) is 2.58. The molecule has 10 nitrogen and oxygen atoms in total. The van der Waals surface area contributed by atoms with E-state index in [2.05, 4.69) is 15.2 Å². The van der Waals surface area contributed by atoms with Crippen LogP contribution in [0, 0.1) is 5.41 Å². The minimum atomic E-state index is -0.869. The molecule has 7 rings (SSSR count). The van der Waals surface area contributed by atoms with Crippen LogP contribution in [0.1, 0.15) is 24.1 Å². The number of hydrogen-bond acceptors (Lipinski definition) is 7. The van der Waals surface area contributed by atoms with Gasteiger partial charge in [0, 0.05) is 54.1 Å². The summed E-state index contributed by atoms with van der Waals surface area (Å²) >= 11 is 1.54. The smallest absolute Gasteiger partial charge is 0.407 e. The molecule has 0 bridgehead atoms. The number of nitrogens with zero attached hydrogens (tertiary/aromatic N) is 4. The van der Waals surface area contributed by atoms with Crippen LogP contribution in [0.2, 0.25) is 0 Å². The topological polar surface area (TPSA) is 132 Å². The second-order valence-electron chi connectivity index (χ2n) is 9.91. The second kappa shape index (κ2) is 7.87. The highest BCUT2D eigenvalue weighted by Gasteiger charge is 2.47. The van der Waals surface area contributed by atoms with Crippen LogP contribution < -0.4 is 10.2 Å². The standard InChI is InChI=1S/C26H22N6O4S/c33-21-18(16-11-27-23-14(16)5-10-37-23)19(22(34)30-21)20-15-3-1-2-4-17(15)28-24(29-20)31-8-6-26(7-9-31)12-32(13-26)25(35)36/h1-5,10-11,27H,6-9,12-13H2,(H,35,36)(H,30,33,34). The van der Waals surface area contributed by atoms with E-state index in [-0.39, 0.29) is 11.0 Å². The number of rotatable bonds is 3. The summed E-state index contributed by atoms with van der Waals surface area (Å²) in [4.78, 5) is 54.8. The average molecular weight is 515 g/mol. The maximum absolute atomic E-state index is 13.2. The molecule has 2 saturated heterocycles. The summed E-state index contributed by atoms with van der Waals surface area (Å²) < 4.78 is 0. The van der Waals surface area contributed by atoms with Crippen LogP contribution in [0.4, 0.5) is 10.7 Å². The molecule has 37 heavy (non-hydrogen) atoms. The van der Waals surface area contributed by atoms with Gasteiger partial charge in [0.2, 0.25) is 5.95 Å². The van der Waals surface area contributed by atoms with Crippen molar-refractivity contribution in [3.05, 3.63) is 53.2 Å². The lowest BCUT2D eigenvalue weighted by molar-refractivity contribution is -0.122. The Morgan fingerprint density at radius 2 is 1.76 bits per heavy atom. The molecule has 3 aliphatic heterocycles. The van der Waals surface area contributed by atoms with E-state index in [1.54, 1.807) is 6.20 Å². The van der Waals surface area contributed by atoms with E-state index in [1.807, 2.05) is 35.7 Å². The highest BCUT2D eigenvalue weighted by Crippen LogP contribution is 2.42. The molecule has 0 aliphatic carbocycles. The summed E-state index contributed by atoms with van der Waals surface area (Å²) in [5.41, 5.74) is 2.38. The van der Waals surface area contributed by atoms with E-state index >= 15 is 0 Å². The number of carbonyl (C=O) groups excluding carboxylic acids is 2. The molecule has 0 radical (unpaired) electrons. The highest BCUT2D eigenvalue weighted by molar-refractivity contribution is 7.16. The number of amides is 3. The number of aromatic amines is 1. The molecular formula is C26H22N6O4S. The van der Waals surface area contributed by atoms with Crippen LogP contribution in [0.15, 0.2) is 41.9 Å². The average Bonchev–Trinajstić information content (AvgIpc) is 3.56. The number of carbonyl (C=O) groups is 3. The monoisotopic (exact) mass is 514 g/mol. The van der Waals surface area contributed by atoms with Crippen molar-refractivity contribution in [3.8, 4) is 0 Å². The van der Waals surface area contributed by atoms with Crippen LogP contribution >= 0.6 is 11.3 Å². The van der Waals surface area contributed by atoms with Gasteiger partial charge in [-0.25, -0.2) is 14.8 Å². The lowest BCUT2D eigenvalue weighted by Gasteiger charge is -2.52. The van der Waals surface area contributed by atoms with Crippen molar-refractivity contribution < 1.29 is 19.5 Å². The fourth-order valence-electron chi connectivity index (χ4n) is 5.79. The lowest BCUT2D eigenvalue weighted by atomic mass is 9.72. The fraction of sp³-hybridized carbons (Fsp3) is 0.269. The zero-order valence-corrected chi connectivity index (χ0v) is 20.5. The number of imide groups is 1. The molecule has 3 aromatic heterocycles. The van der Waals surface area contributed by atoms with E-state index in [4.69, 9.17) is 9.97 Å². The van der Waals surface area contributed by atoms with Gasteiger partial charge in [-0.3, -0.25) is 14.9 Å². The van der Waals surface area contributed by atoms with Crippen molar-refractivity contribution in [2.24, 2.45) is 5.41 Å². The van der Waals surface area contributed by atoms with Gasteiger partial charge in [0.15, 0.2) is 0 Å². The summed E-state index contributed by atoms with van der Waals surface area (Å²) in [6, 6.07) is 9.44. The van der Waals surface area contributed by atoms with Crippen molar-refractivity contribution >= 4 is 67.5 Å². The minimum Gasteiger partial charge on any atom is -0.465 e. The first-order chi connectivity index (χ1) is 17.9. The van der Waals surface area contributed by atoms with Crippen LogP contribution in [0.3, 0.4) is 0 Å². The number of piperidine rings is 1. The van der Waals surface area contributed by atoms with E-state index in [9.17, 15) is 19.5 Å². The number of H-pyrrole nitrogens is 1. The van der Waals surface area contributed by atoms with Crippen molar-refractivity contribution in [1.82, 2.24) is 25.2 Å². The number of benzene rings is 1. The van der Waals surface area contributed by atoms with E-state index in [1.165, 1.54) is 16.2 Å². The number of para-hydroxylation sites is 1. The number of thiophene rings is 1. The molecule has 3 N–H and O–H groups in total. The van der Waals surface area contributed by atoms with Gasteiger partial charge in [-0.15, -0.1) is 11.3 Å². The first kappa shape index (κ1) is 22.0. The van der Waals surface area contributed by atoms with Gasteiger partial charge in [-0.05, 0) is 30.4 Å². The Balaban J connectivity index is 1.32. The summed E-state index contributed by atoms with van der Waals surface area (Å²) in [5, 5.41) is 15.2. The first-order valence-electron chi connectivity index (χ1n) is 12.1. The molecular weight excluding hydrogens is 492 g/mol. The Kier molecular flexibility index (Phi) is 4.68. The molecule has 0 saturated carbocycles. The molecule has 0 atom stereocenters. The largest absolute Gasteiger partial charge is 0.465 e. The Morgan fingerprint density at radius 3 is 2.54 bits per heavy atom. The number of aromatic nitrogens is 3. The third-order valence-corrected chi connectivity index (χ3v) is 8.61. The Bertz CT molecular complexity index is 1650. The number of fused-ring (bicyclic) bond motifs is 2. The van der Waals surface area contributed by atoms with E-state index in [0.29, 0.717) is 59.9 Å². The zero-order chi connectivity index (χ0) is 25.3. The van der Waals surface area contributed by atoms with Crippen molar-refractivity contribution in [3.63, 3.8) is 0 Å². The van der Waals surface area contributed by atoms with Gasteiger partial charge in [0.25, 0.3) is 11.8 Å². The van der Waals surface area contributed by atoms with E-state index < -0.39 is 17.9 Å². The molecule has 2 fully saturated rings. The first-order valence-corrected chi connectivity index (χ1v) is 13.0. The molecule has 186 valence electrons. The van der Waals surface area contributed by atoms with Crippen molar-refractivity contribution in [1.29, 1.82) is 0 Å². The number of carboxylic acid groups (broad SMARTS) is 1. The van der Waals surface area contributed by atoms with Gasteiger partial charge in [0.1, 0.15) is 4.83 Å². The Labute approximate surface area is 214 Å². The summed E-state index contributed by atoms with van der Waals surface area (Å²) in [7, 11) is 0. The maximum atomic E-state index is 13.2. The van der Waals surface area contributed by atoms with Gasteiger partial charge in [-0.2, -0.15) is 0 Å². The van der Waals surface area contributed by atoms with E-state index in [0.717, 1.165) is 23.1 Å². The highest BCUT2D eigenvalue weighted by atomic mass is 32.1. The molecule has 1 aromatic carbocycles. The molecule has 1 spiro atoms. The number of hydrogen-bond donors (Lipinski definition) is 3. The van der Waals surface area contributed by atoms with Gasteiger partial charge in [0.05, 0.1) is 22.4 Å². The fourth-order valence-corrected chi connectivity index (χ4v) is 6.56. The molecule has 3 amide bonds. The van der Waals surface area contributed by atoms with Crippen LogP contribution in [0.25, 0.3) is 32.3 Å². The predicted molar refractivity (Wildman–Crippen MR) is 139 cm³/mol. The maximum Gasteiger partial charge on any atom is 0.407 e. The van der Waals surface area contributed by atoms with Gasteiger partial charge < -0.3 is 19.9 Å². The van der Waals surface area contributed by atoms with Gasteiger partial charge >= 0.3 is 6.09 Å². The Morgan fingerprint density at radius 1 is 1.00 bits per heavy atom. The van der Waals surface area contributed by atoms with Crippen molar-refractivity contribution in [2.45, 2.75) is 12.8 Å². The van der Waals surface area contributed by atoms with Gasteiger partial charge in [-0.1, -0.05) is 18.2 Å². The van der Waals surface area contributed by atoms with Crippen LogP contribution in [-0.2, 0) is 9.59 Å².